The Hall–Kier alpha value is 0.110. The quantitative estimate of drug-likeness (QED) is 0.779. The van der Waals surface area contributed by atoms with Crippen molar-refractivity contribution >= 4 is 10.8 Å². The number of rotatable bonds is 4. The number of hydrogen-bond acceptors (Lipinski definition) is 2. The van der Waals surface area contributed by atoms with E-state index in [1.807, 2.05) is 6.92 Å². The summed E-state index contributed by atoms with van der Waals surface area (Å²) in [5.41, 5.74) is 0.426. The van der Waals surface area contributed by atoms with E-state index in [0.29, 0.717) is 11.5 Å². The van der Waals surface area contributed by atoms with Crippen LogP contribution in [0.5, 0.6) is 0 Å². The van der Waals surface area contributed by atoms with E-state index in [1.54, 1.807) is 6.26 Å². The van der Waals surface area contributed by atoms with Crippen LogP contribution in [0.3, 0.4) is 0 Å². The minimum atomic E-state index is -0.698. The fraction of sp³-hybridized carbons (Fsp3) is 1.00. The van der Waals surface area contributed by atoms with Crippen LogP contribution in [0.1, 0.15) is 40.0 Å². The lowest BCUT2D eigenvalue weighted by Gasteiger charge is -2.28. The molecule has 3 heteroatoms. The van der Waals surface area contributed by atoms with Gasteiger partial charge in [0.2, 0.25) is 0 Å². The van der Waals surface area contributed by atoms with Crippen LogP contribution in [0.15, 0.2) is 0 Å². The Morgan fingerprint density at radius 1 is 1.57 bits per heavy atom. The van der Waals surface area contributed by atoms with Crippen LogP contribution in [-0.4, -0.2) is 28.3 Å². The maximum absolute atomic E-state index is 11.2. The maximum atomic E-state index is 11.2. The normalized spacial score (nSPS) is 30.1. The van der Waals surface area contributed by atoms with Gasteiger partial charge in [-0.15, -0.1) is 0 Å². The smallest absolute Gasteiger partial charge is 0.0441 e. The molecule has 0 radical (unpaired) electrons. The van der Waals surface area contributed by atoms with E-state index >= 15 is 0 Å². The van der Waals surface area contributed by atoms with Gasteiger partial charge >= 0.3 is 0 Å². The van der Waals surface area contributed by atoms with Gasteiger partial charge < -0.3 is 5.32 Å². The highest BCUT2D eigenvalue weighted by Crippen LogP contribution is 2.37. The molecular weight excluding hydrogens is 194 g/mol. The minimum Gasteiger partial charge on any atom is -0.312 e. The second kappa shape index (κ2) is 4.75. The lowest BCUT2D eigenvalue weighted by Crippen LogP contribution is -2.41. The van der Waals surface area contributed by atoms with Gasteiger partial charge in [-0.2, -0.15) is 0 Å². The Balaban J connectivity index is 2.34. The van der Waals surface area contributed by atoms with Crippen molar-refractivity contribution in [2.45, 2.75) is 51.3 Å². The molecule has 0 amide bonds. The van der Waals surface area contributed by atoms with Gasteiger partial charge in [-0.05, 0) is 25.2 Å². The predicted octanol–water partition coefficient (Wildman–Crippen LogP) is 1.92. The van der Waals surface area contributed by atoms with E-state index < -0.39 is 10.8 Å². The summed E-state index contributed by atoms with van der Waals surface area (Å²) in [5, 5.41) is 3.83. The van der Waals surface area contributed by atoms with Crippen LogP contribution in [0, 0.1) is 5.41 Å². The molecule has 0 aromatic rings. The first kappa shape index (κ1) is 12.2. The summed E-state index contributed by atoms with van der Waals surface area (Å²) in [6.07, 6.45) is 5.70. The summed E-state index contributed by atoms with van der Waals surface area (Å²) >= 11 is 0. The Labute approximate surface area is 90.3 Å². The van der Waals surface area contributed by atoms with Gasteiger partial charge in [0.05, 0.1) is 0 Å². The molecule has 1 aliphatic rings. The van der Waals surface area contributed by atoms with E-state index in [4.69, 9.17) is 0 Å². The molecule has 84 valence electrons. The molecule has 14 heavy (non-hydrogen) atoms. The van der Waals surface area contributed by atoms with E-state index in [2.05, 4.69) is 19.2 Å². The summed E-state index contributed by atoms with van der Waals surface area (Å²) < 4.78 is 11.2. The predicted molar refractivity (Wildman–Crippen MR) is 63.0 cm³/mol. The van der Waals surface area contributed by atoms with Gasteiger partial charge in [0, 0.05) is 34.9 Å². The van der Waals surface area contributed by atoms with E-state index in [9.17, 15) is 4.21 Å². The summed E-state index contributed by atoms with van der Waals surface area (Å²) in [6.45, 7) is 7.58. The zero-order valence-electron chi connectivity index (χ0n) is 9.80. The van der Waals surface area contributed by atoms with E-state index in [0.717, 1.165) is 6.54 Å². The topological polar surface area (TPSA) is 29.1 Å². The molecule has 1 rings (SSSR count). The first-order valence-electron chi connectivity index (χ1n) is 5.49. The average Bonchev–Trinajstić information content (AvgIpc) is 2.40. The van der Waals surface area contributed by atoms with Crippen molar-refractivity contribution in [2.24, 2.45) is 5.41 Å². The zero-order valence-corrected chi connectivity index (χ0v) is 10.6. The highest BCUT2D eigenvalue weighted by Gasteiger charge is 2.34. The first-order chi connectivity index (χ1) is 6.43. The molecule has 1 saturated carbocycles. The maximum Gasteiger partial charge on any atom is 0.0441 e. The molecule has 1 aliphatic carbocycles. The molecule has 0 unspecified atom stereocenters. The molecule has 0 aromatic heterocycles. The fourth-order valence-electron chi connectivity index (χ4n) is 2.13. The molecule has 0 bridgehead atoms. The van der Waals surface area contributed by atoms with Crippen molar-refractivity contribution < 1.29 is 4.21 Å². The van der Waals surface area contributed by atoms with Crippen LogP contribution in [0.2, 0.25) is 0 Å². The van der Waals surface area contributed by atoms with Gasteiger partial charge in [-0.1, -0.05) is 20.3 Å². The molecule has 1 fully saturated rings. The van der Waals surface area contributed by atoms with Gasteiger partial charge in [0.25, 0.3) is 0 Å². The third kappa shape index (κ3) is 3.06. The fourth-order valence-corrected chi connectivity index (χ4v) is 2.46. The van der Waals surface area contributed by atoms with Crippen LogP contribution < -0.4 is 5.32 Å². The Kier molecular flexibility index (Phi) is 4.14. The molecule has 0 saturated heterocycles. The Morgan fingerprint density at radius 3 is 2.64 bits per heavy atom. The summed E-state index contributed by atoms with van der Waals surface area (Å²) in [4.78, 5) is 0. The van der Waals surface area contributed by atoms with Crippen molar-refractivity contribution in [2.75, 3.05) is 12.8 Å². The van der Waals surface area contributed by atoms with Crippen LogP contribution in [0.25, 0.3) is 0 Å². The summed E-state index contributed by atoms with van der Waals surface area (Å²) in [7, 11) is -0.698. The van der Waals surface area contributed by atoms with Crippen molar-refractivity contribution in [3.05, 3.63) is 0 Å². The summed E-state index contributed by atoms with van der Waals surface area (Å²) in [6, 6.07) is 0.619. The molecule has 0 heterocycles. The van der Waals surface area contributed by atoms with Crippen LogP contribution in [-0.2, 0) is 10.8 Å². The highest BCUT2D eigenvalue weighted by molar-refractivity contribution is 7.84. The number of hydrogen-bond donors (Lipinski definition) is 1. The van der Waals surface area contributed by atoms with Gasteiger partial charge in [-0.25, -0.2) is 0 Å². The largest absolute Gasteiger partial charge is 0.312 e. The molecule has 0 spiro atoms. The highest BCUT2D eigenvalue weighted by atomic mass is 32.2. The molecule has 0 aliphatic heterocycles. The third-order valence-electron chi connectivity index (χ3n) is 3.48. The van der Waals surface area contributed by atoms with Gasteiger partial charge in [0.1, 0.15) is 0 Å². The lowest BCUT2D eigenvalue weighted by atomic mass is 9.87. The van der Waals surface area contributed by atoms with Gasteiger partial charge in [0.15, 0.2) is 0 Å². The minimum absolute atomic E-state index is 0.270. The summed E-state index contributed by atoms with van der Waals surface area (Å²) in [5.74, 6) is 0. The first-order valence-corrected chi connectivity index (χ1v) is 7.11. The average molecular weight is 217 g/mol. The number of nitrogens with one attached hydrogen (secondary N) is 1. The third-order valence-corrected chi connectivity index (χ3v) is 4.78. The Bertz CT molecular complexity index is 215. The molecule has 1 N–H and O–H groups in total. The monoisotopic (exact) mass is 217 g/mol. The Morgan fingerprint density at radius 2 is 2.21 bits per heavy atom. The van der Waals surface area contributed by atoms with Crippen LogP contribution in [0.4, 0.5) is 0 Å². The zero-order chi connectivity index (χ0) is 10.8. The van der Waals surface area contributed by atoms with Crippen molar-refractivity contribution in [3.8, 4) is 0 Å². The van der Waals surface area contributed by atoms with Crippen molar-refractivity contribution in [1.82, 2.24) is 5.32 Å². The second-order valence-corrected chi connectivity index (χ2v) is 6.95. The van der Waals surface area contributed by atoms with Crippen molar-refractivity contribution in [3.63, 3.8) is 0 Å². The van der Waals surface area contributed by atoms with Crippen molar-refractivity contribution in [1.29, 1.82) is 0 Å². The molecular formula is C11H23NOS. The molecule has 2 nitrogen and oxygen atoms in total. The SMILES string of the molecule is C[C@H](CN[C@@H]1CCCC1(C)C)[S@](C)=O. The second-order valence-electron chi connectivity index (χ2n) is 5.15. The lowest BCUT2D eigenvalue weighted by molar-refractivity contribution is 0.285. The molecule has 0 aromatic carbocycles. The van der Waals surface area contributed by atoms with E-state index in [-0.39, 0.29) is 5.25 Å². The van der Waals surface area contributed by atoms with E-state index in [1.165, 1.54) is 19.3 Å². The molecule has 3 atom stereocenters. The van der Waals surface area contributed by atoms with Crippen LogP contribution >= 0.6 is 0 Å². The standard InChI is InChI=1S/C11H23NOS/c1-9(14(4)13)8-12-10-6-5-7-11(10,2)3/h9-10,12H,5-8H2,1-4H3/t9-,10-,14+/m1/s1. The van der Waals surface area contributed by atoms with Gasteiger partial charge in [-0.3, -0.25) is 4.21 Å².